The summed E-state index contributed by atoms with van der Waals surface area (Å²) in [5, 5.41) is 10.5. The number of ether oxygens (including phenoxy) is 1. The molecule has 2 aliphatic rings. The number of carbonyl (C=O) groups excluding carboxylic acids is 1. The van der Waals surface area contributed by atoms with Crippen LogP contribution in [0.1, 0.15) is 52.3 Å². The number of aliphatic hydroxyl groups excluding tert-OH is 1. The van der Waals surface area contributed by atoms with E-state index in [2.05, 4.69) is 36.8 Å². The number of benzene rings is 3. The number of halogens is 1. The molecule has 1 aromatic heterocycles. The van der Waals surface area contributed by atoms with Gasteiger partial charge in [0.1, 0.15) is 11.6 Å². The maximum atomic E-state index is 15.4. The predicted molar refractivity (Wildman–Crippen MR) is 169 cm³/mol. The van der Waals surface area contributed by atoms with Crippen molar-refractivity contribution in [2.24, 2.45) is 0 Å². The zero-order valence-corrected chi connectivity index (χ0v) is 25.3. The van der Waals surface area contributed by atoms with Crippen LogP contribution < -0.4 is 15.5 Å². The zero-order valence-electron chi connectivity index (χ0n) is 25.3. The standard InChI is InChI=1S/C34H34FN7O3/c1-34(2,37-3)23-18-22-11-12-42(32(44)30(22)27(35)19-23)28-6-4-5-25(26(28)20-43)31-38-29(39-33(36)40-31)17-21-7-9-24(10-8-21)41-13-15-45-16-14-41/h4-10,18-19,43H,11-17,20H2,1-2H3,(H2,36,38,39,40). The number of amides is 1. The largest absolute Gasteiger partial charge is 0.392 e. The second kappa shape index (κ2) is 12.2. The fraction of sp³-hybridized carbons (Fsp3) is 0.324. The van der Waals surface area contributed by atoms with E-state index >= 15 is 4.39 Å². The minimum absolute atomic E-state index is 0.0218. The van der Waals surface area contributed by atoms with Crippen LogP contribution in [0.3, 0.4) is 0 Å². The number of anilines is 3. The first kappa shape index (κ1) is 30.1. The monoisotopic (exact) mass is 607 g/mol. The molecule has 0 unspecified atom stereocenters. The first-order valence-corrected chi connectivity index (χ1v) is 14.9. The summed E-state index contributed by atoms with van der Waals surface area (Å²) in [5.74, 6) is -0.394. The van der Waals surface area contributed by atoms with Gasteiger partial charge in [-0.2, -0.15) is 9.97 Å². The molecule has 1 amide bonds. The highest BCUT2D eigenvalue weighted by atomic mass is 19.1. The number of carbonyl (C=O) groups is 1. The van der Waals surface area contributed by atoms with E-state index in [9.17, 15) is 9.90 Å². The summed E-state index contributed by atoms with van der Waals surface area (Å²) in [4.78, 5) is 34.5. The van der Waals surface area contributed by atoms with Crippen LogP contribution in [-0.2, 0) is 29.7 Å². The number of rotatable bonds is 7. The smallest absolute Gasteiger partial charge is 0.261 e. The number of aromatic nitrogens is 3. The maximum absolute atomic E-state index is 15.4. The van der Waals surface area contributed by atoms with Crippen LogP contribution in [0.5, 0.6) is 0 Å². The summed E-state index contributed by atoms with van der Waals surface area (Å²) < 4.78 is 20.8. The predicted octanol–water partition coefficient (Wildman–Crippen LogP) is 4.54. The van der Waals surface area contributed by atoms with Gasteiger partial charge >= 0.3 is 0 Å². The molecule has 3 N–H and O–H groups in total. The number of hydrogen-bond donors (Lipinski definition) is 2. The molecular formula is C34H34FN7O3. The van der Waals surface area contributed by atoms with Gasteiger partial charge in [-0.25, -0.2) is 15.9 Å². The van der Waals surface area contributed by atoms with E-state index in [1.54, 1.807) is 38.1 Å². The molecular weight excluding hydrogens is 573 g/mol. The molecule has 0 aliphatic carbocycles. The van der Waals surface area contributed by atoms with Crippen LogP contribution in [0.4, 0.5) is 21.7 Å². The summed E-state index contributed by atoms with van der Waals surface area (Å²) in [6, 6.07) is 16.5. The van der Waals surface area contributed by atoms with Crippen molar-refractivity contribution in [3.8, 4) is 11.4 Å². The molecule has 1 fully saturated rings. The van der Waals surface area contributed by atoms with Crippen molar-refractivity contribution in [1.82, 2.24) is 15.0 Å². The van der Waals surface area contributed by atoms with E-state index < -0.39 is 23.9 Å². The molecule has 3 heterocycles. The van der Waals surface area contributed by atoms with E-state index in [0.717, 1.165) is 24.3 Å². The molecule has 11 heteroatoms. The van der Waals surface area contributed by atoms with Gasteiger partial charge in [-0.15, -0.1) is 0 Å². The highest BCUT2D eigenvalue weighted by molar-refractivity contribution is 6.09. The minimum atomic E-state index is -0.911. The number of nitrogens with zero attached hydrogens (tertiary/aromatic N) is 6. The van der Waals surface area contributed by atoms with Crippen molar-refractivity contribution < 1.29 is 19.0 Å². The second-order valence-electron chi connectivity index (χ2n) is 11.7. The Bertz CT molecular complexity index is 1800. The summed E-state index contributed by atoms with van der Waals surface area (Å²) in [6.45, 7) is 13.9. The summed E-state index contributed by atoms with van der Waals surface area (Å²) in [5.41, 5.74) is 9.78. The quantitative estimate of drug-likeness (QED) is 0.294. The van der Waals surface area contributed by atoms with Gasteiger partial charge in [0, 0.05) is 62.3 Å². The van der Waals surface area contributed by atoms with Crippen LogP contribution in [0.15, 0.2) is 54.6 Å². The van der Waals surface area contributed by atoms with E-state index in [1.165, 1.54) is 11.0 Å². The average Bonchev–Trinajstić information content (AvgIpc) is 3.05. The van der Waals surface area contributed by atoms with Gasteiger partial charge in [-0.3, -0.25) is 4.79 Å². The molecule has 0 atom stereocenters. The van der Waals surface area contributed by atoms with Gasteiger partial charge in [-0.1, -0.05) is 24.3 Å². The molecule has 10 nitrogen and oxygen atoms in total. The Morgan fingerprint density at radius 2 is 1.82 bits per heavy atom. The number of nitrogen functional groups attached to an aromatic ring is 1. The highest BCUT2D eigenvalue weighted by Crippen LogP contribution is 2.36. The minimum Gasteiger partial charge on any atom is -0.392 e. The second-order valence-corrected chi connectivity index (χ2v) is 11.7. The topological polar surface area (TPSA) is 122 Å². The van der Waals surface area contributed by atoms with Gasteiger partial charge < -0.3 is 30.2 Å². The third-order valence-corrected chi connectivity index (χ3v) is 8.44. The SMILES string of the molecule is [C-]#[N+]C(C)(C)c1cc(F)c2c(c1)CCN(c1cccc(-c3nc(N)nc(Cc4ccc(N5CCOCC5)cc4)n3)c1CO)C2=O. The molecule has 4 aromatic rings. The number of hydrogen-bond acceptors (Lipinski definition) is 8. The van der Waals surface area contributed by atoms with Crippen LogP contribution >= 0.6 is 0 Å². The van der Waals surface area contributed by atoms with Crippen molar-refractivity contribution in [2.45, 2.75) is 38.8 Å². The van der Waals surface area contributed by atoms with Crippen molar-refractivity contribution in [3.05, 3.63) is 105 Å². The van der Waals surface area contributed by atoms with Crippen LogP contribution in [0.25, 0.3) is 16.2 Å². The van der Waals surface area contributed by atoms with E-state index in [-0.39, 0.29) is 23.9 Å². The molecule has 3 aromatic carbocycles. The molecule has 0 radical (unpaired) electrons. The molecule has 0 saturated carbocycles. The van der Waals surface area contributed by atoms with E-state index in [0.29, 0.717) is 59.8 Å². The Kier molecular flexibility index (Phi) is 8.18. The Morgan fingerprint density at radius 3 is 2.53 bits per heavy atom. The summed E-state index contributed by atoms with van der Waals surface area (Å²) in [6.07, 6.45) is 0.812. The van der Waals surface area contributed by atoms with Gasteiger partial charge in [0.2, 0.25) is 5.95 Å². The van der Waals surface area contributed by atoms with Gasteiger partial charge in [-0.05, 0) is 47.9 Å². The fourth-order valence-corrected chi connectivity index (χ4v) is 5.89. The molecule has 1 saturated heterocycles. The third kappa shape index (κ3) is 5.94. The summed E-state index contributed by atoms with van der Waals surface area (Å²) >= 11 is 0. The lowest BCUT2D eigenvalue weighted by atomic mass is 9.88. The van der Waals surface area contributed by atoms with Gasteiger partial charge in [0.15, 0.2) is 5.82 Å². The lowest BCUT2D eigenvalue weighted by Gasteiger charge is -2.31. The normalized spacial score (nSPS) is 15.1. The van der Waals surface area contributed by atoms with Gasteiger partial charge in [0.05, 0.1) is 31.1 Å². The number of fused-ring (bicyclic) bond motifs is 1. The lowest BCUT2D eigenvalue weighted by molar-refractivity contribution is 0.0976. The zero-order chi connectivity index (χ0) is 31.7. The molecule has 45 heavy (non-hydrogen) atoms. The molecule has 2 aliphatic heterocycles. The molecule has 6 rings (SSSR count). The fourth-order valence-electron chi connectivity index (χ4n) is 5.89. The first-order chi connectivity index (χ1) is 21.7. The Balaban J connectivity index is 1.29. The molecule has 230 valence electrons. The van der Waals surface area contributed by atoms with Crippen molar-refractivity contribution >= 4 is 23.2 Å². The Labute approximate surface area is 261 Å². The van der Waals surface area contributed by atoms with Crippen LogP contribution in [0, 0.1) is 12.4 Å². The highest BCUT2D eigenvalue weighted by Gasteiger charge is 2.34. The molecule has 0 bridgehead atoms. The Morgan fingerprint density at radius 1 is 1.07 bits per heavy atom. The molecule has 0 spiro atoms. The number of nitrogens with two attached hydrogens (primary N) is 1. The van der Waals surface area contributed by atoms with Crippen molar-refractivity contribution in [2.75, 3.05) is 48.4 Å². The number of aliphatic hydroxyl groups is 1. The third-order valence-electron chi connectivity index (χ3n) is 8.44. The lowest BCUT2D eigenvalue weighted by Crippen LogP contribution is -2.39. The van der Waals surface area contributed by atoms with E-state index in [1.807, 2.05) is 12.1 Å². The average molecular weight is 608 g/mol. The van der Waals surface area contributed by atoms with Crippen molar-refractivity contribution in [3.63, 3.8) is 0 Å². The van der Waals surface area contributed by atoms with Crippen molar-refractivity contribution in [1.29, 1.82) is 0 Å². The first-order valence-electron chi connectivity index (χ1n) is 14.9. The van der Waals surface area contributed by atoms with Crippen LogP contribution in [0.2, 0.25) is 0 Å². The Hall–Kier alpha value is -4.92. The maximum Gasteiger partial charge on any atom is 0.261 e. The van der Waals surface area contributed by atoms with E-state index in [4.69, 9.17) is 17.0 Å². The summed E-state index contributed by atoms with van der Waals surface area (Å²) in [7, 11) is 0. The van der Waals surface area contributed by atoms with Crippen LogP contribution in [-0.4, -0.2) is 58.8 Å². The number of morpholine rings is 1. The van der Waals surface area contributed by atoms with Gasteiger partial charge in [0.25, 0.3) is 11.4 Å².